The Balaban J connectivity index is 1.82. The van der Waals surface area contributed by atoms with E-state index in [9.17, 15) is 5.11 Å². The van der Waals surface area contributed by atoms with E-state index in [1.165, 1.54) is 0 Å². The molecule has 0 aliphatic rings. The lowest BCUT2D eigenvalue weighted by Gasteiger charge is -2.12. The minimum absolute atomic E-state index is 0.0452. The van der Waals surface area contributed by atoms with Crippen LogP contribution in [-0.4, -0.2) is 18.3 Å². The van der Waals surface area contributed by atoms with Crippen LogP contribution in [0.2, 0.25) is 0 Å². The van der Waals surface area contributed by atoms with Crippen LogP contribution in [0.25, 0.3) is 0 Å². The second-order valence-corrected chi connectivity index (χ2v) is 4.65. The second-order valence-electron chi connectivity index (χ2n) is 4.65. The van der Waals surface area contributed by atoms with E-state index >= 15 is 0 Å². The summed E-state index contributed by atoms with van der Waals surface area (Å²) in [5.74, 6) is 0.680. The SMILES string of the molecule is N#CCOc1cccc(CNCC(O)c2ccccc2)c1. The highest BCUT2D eigenvalue weighted by Crippen LogP contribution is 2.14. The lowest BCUT2D eigenvalue weighted by atomic mass is 10.1. The average Bonchev–Trinajstić information content (AvgIpc) is 2.54. The van der Waals surface area contributed by atoms with Gasteiger partial charge in [0.1, 0.15) is 11.8 Å². The largest absolute Gasteiger partial charge is 0.479 e. The third kappa shape index (κ3) is 4.92. The quantitative estimate of drug-likeness (QED) is 0.818. The van der Waals surface area contributed by atoms with Crippen molar-refractivity contribution in [1.82, 2.24) is 5.32 Å². The Morgan fingerprint density at radius 2 is 1.95 bits per heavy atom. The number of rotatable bonds is 7. The highest BCUT2D eigenvalue weighted by Gasteiger charge is 2.06. The molecule has 0 spiro atoms. The van der Waals surface area contributed by atoms with Gasteiger partial charge < -0.3 is 15.2 Å². The van der Waals surface area contributed by atoms with Gasteiger partial charge in [-0.15, -0.1) is 0 Å². The van der Waals surface area contributed by atoms with Crippen LogP contribution in [-0.2, 0) is 6.54 Å². The van der Waals surface area contributed by atoms with E-state index in [0.29, 0.717) is 18.8 Å². The van der Waals surface area contributed by atoms with Crippen molar-refractivity contribution < 1.29 is 9.84 Å². The summed E-state index contributed by atoms with van der Waals surface area (Å²) in [5.41, 5.74) is 1.95. The van der Waals surface area contributed by atoms with E-state index in [0.717, 1.165) is 11.1 Å². The van der Waals surface area contributed by atoms with E-state index in [2.05, 4.69) is 5.32 Å². The maximum Gasteiger partial charge on any atom is 0.174 e. The fraction of sp³-hybridized carbons (Fsp3) is 0.235. The number of ether oxygens (including phenoxy) is 1. The summed E-state index contributed by atoms with van der Waals surface area (Å²) in [7, 11) is 0. The summed E-state index contributed by atoms with van der Waals surface area (Å²) in [4.78, 5) is 0. The topological polar surface area (TPSA) is 65.3 Å². The summed E-state index contributed by atoms with van der Waals surface area (Å²) < 4.78 is 5.25. The molecule has 4 nitrogen and oxygen atoms in total. The molecule has 21 heavy (non-hydrogen) atoms. The summed E-state index contributed by atoms with van der Waals surface area (Å²) in [5, 5.41) is 21.8. The molecule has 108 valence electrons. The van der Waals surface area contributed by atoms with Crippen LogP contribution >= 0.6 is 0 Å². The molecule has 1 atom stereocenters. The molecule has 2 N–H and O–H groups in total. The minimum atomic E-state index is -0.524. The van der Waals surface area contributed by atoms with Crippen LogP contribution in [0.4, 0.5) is 0 Å². The van der Waals surface area contributed by atoms with E-state index in [1.807, 2.05) is 60.7 Å². The first-order valence-electron chi connectivity index (χ1n) is 6.82. The van der Waals surface area contributed by atoms with Crippen LogP contribution in [0.15, 0.2) is 54.6 Å². The van der Waals surface area contributed by atoms with Gasteiger partial charge in [-0.2, -0.15) is 5.26 Å². The van der Waals surface area contributed by atoms with Gasteiger partial charge in [-0.1, -0.05) is 42.5 Å². The maximum atomic E-state index is 10.0. The predicted octanol–water partition coefficient (Wildman–Crippen LogP) is 2.41. The van der Waals surface area contributed by atoms with Gasteiger partial charge >= 0.3 is 0 Å². The summed E-state index contributed by atoms with van der Waals surface area (Å²) >= 11 is 0. The van der Waals surface area contributed by atoms with Gasteiger partial charge in [0, 0.05) is 13.1 Å². The number of nitrogens with zero attached hydrogens (tertiary/aromatic N) is 1. The lowest BCUT2D eigenvalue weighted by Crippen LogP contribution is -2.21. The summed E-state index contributed by atoms with van der Waals surface area (Å²) in [6, 6.07) is 19.1. The Morgan fingerprint density at radius 1 is 1.14 bits per heavy atom. The lowest BCUT2D eigenvalue weighted by molar-refractivity contribution is 0.174. The number of benzene rings is 2. The molecule has 0 aliphatic heterocycles. The Morgan fingerprint density at radius 3 is 2.71 bits per heavy atom. The zero-order valence-corrected chi connectivity index (χ0v) is 11.7. The van der Waals surface area contributed by atoms with Crippen molar-refractivity contribution in [2.75, 3.05) is 13.2 Å². The molecule has 0 fully saturated rings. The highest BCUT2D eigenvalue weighted by molar-refractivity contribution is 5.28. The number of nitrogens with one attached hydrogen (secondary N) is 1. The van der Waals surface area contributed by atoms with Gasteiger partial charge in [0.25, 0.3) is 0 Å². The molecule has 2 rings (SSSR count). The van der Waals surface area contributed by atoms with Crippen molar-refractivity contribution in [3.63, 3.8) is 0 Å². The van der Waals surface area contributed by atoms with E-state index < -0.39 is 6.10 Å². The Labute approximate surface area is 124 Å². The average molecular weight is 282 g/mol. The molecule has 2 aromatic carbocycles. The molecule has 0 heterocycles. The Kier molecular flexibility index (Phi) is 5.77. The molecular weight excluding hydrogens is 264 g/mol. The van der Waals surface area contributed by atoms with Gasteiger partial charge in [-0.05, 0) is 23.3 Å². The fourth-order valence-electron chi connectivity index (χ4n) is 2.01. The van der Waals surface area contributed by atoms with Crippen LogP contribution in [0, 0.1) is 11.3 Å². The third-order valence-corrected chi connectivity index (χ3v) is 3.05. The summed E-state index contributed by atoms with van der Waals surface area (Å²) in [6.45, 7) is 1.16. The standard InChI is InChI=1S/C17H18N2O2/c18-9-10-21-16-8-4-5-14(11-16)12-19-13-17(20)15-6-2-1-3-7-15/h1-8,11,17,19-20H,10,12-13H2. The first-order valence-corrected chi connectivity index (χ1v) is 6.82. The van der Waals surface area contributed by atoms with Gasteiger partial charge in [0.15, 0.2) is 6.61 Å². The molecule has 4 heteroatoms. The van der Waals surface area contributed by atoms with Gasteiger partial charge in [-0.3, -0.25) is 0 Å². The molecule has 0 aromatic heterocycles. The van der Waals surface area contributed by atoms with Crippen LogP contribution in [0.3, 0.4) is 0 Å². The Bertz CT molecular complexity index is 593. The zero-order chi connectivity index (χ0) is 14.9. The van der Waals surface area contributed by atoms with Crippen molar-refractivity contribution in [2.45, 2.75) is 12.6 Å². The van der Waals surface area contributed by atoms with Crippen molar-refractivity contribution >= 4 is 0 Å². The summed E-state index contributed by atoms with van der Waals surface area (Å²) in [6.07, 6.45) is -0.524. The molecular formula is C17H18N2O2. The molecule has 0 saturated heterocycles. The second kappa shape index (κ2) is 8.05. The fourth-order valence-corrected chi connectivity index (χ4v) is 2.01. The normalized spacial score (nSPS) is 11.6. The first-order chi connectivity index (χ1) is 10.3. The van der Waals surface area contributed by atoms with E-state index in [4.69, 9.17) is 10.00 Å². The van der Waals surface area contributed by atoms with Crippen molar-refractivity contribution in [1.29, 1.82) is 5.26 Å². The molecule has 0 bridgehead atoms. The number of aliphatic hydroxyl groups is 1. The van der Waals surface area contributed by atoms with Gasteiger partial charge in [-0.25, -0.2) is 0 Å². The van der Waals surface area contributed by atoms with E-state index in [-0.39, 0.29) is 6.61 Å². The predicted molar refractivity (Wildman–Crippen MR) is 80.7 cm³/mol. The molecule has 0 radical (unpaired) electrons. The van der Waals surface area contributed by atoms with Crippen LogP contribution in [0.5, 0.6) is 5.75 Å². The van der Waals surface area contributed by atoms with Crippen LogP contribution in [0.1, 0.15) is 17.2 Å². The minimum Gasteiger partial charge on any atom is -0.479 e. The molecule has 0 saturated carbocycles. The molecule has 2 aromatic rings. The smallest absolute Gasteiger partial charge is 0.174 e. The number of hydrogen-bond donors (Lipinski definition) is 2. The zero-order valence-electron chi connectivity index (χ0n) is 11.7. The first kappa shape index (κ1) is 15.0. The number of nitriles is 1. The number of hydrogen-bond acceptors (Lipinski definition) is 4. The Hall–Kier alpha value is -2.35. The van der Waals surface area contributed by atoms with Crippen LogP contribution < -0.4 is 10.1 Å². The third-order valence-electron chi connectivity index (χ3n) is 3.05. The monoisotopic (exact) mass is 282 g/mol. The molecule has 0 aliphatic carbocycles. The van der Waals surface area contributed by atoms with Gasteiger partial charge in [0.2, 0.25) is 0 Å². The van der Waals surface area contributed by atoms with Crippen molar-refractivity contribution in [2.24, 2.45) is 0 Å². The molecule has 0 amide bonds. The van der Waals surface area contributed by atoms with Crippen molar-refractivity contribution in [3.8, 4) is 11.8 Å². The molecule has 1 unspecified atom stereocenters. The highest BCUT2D eigenvalue weighted by atomic mass is 16.5. The van der Waals surface area contributed by atoms with Gasteiger partial charge in [0.05, 0.1) is 6.10 Å². The van der Waals surface area contributed by atoms with E-state index in [1.54, 1.807) is 0 Å². The van der Waals surface area contributed by atoms with Crippen molar-refractivity contribution in [3.05, 3.63) is 65.7 Å². The maximum absolute atomic E-state index is 10.0. The number of aliphatic hydroxyl groups excluding tert-OH is 1.